The summed E-state index contributed by atoms with van der Waals surface area (Å²) in [5.74, 6) is 0.857. The number of anilines is 1. The van der Waals surface area contributed by atoms with Gasteiger partial charge in [-0.3, -0.25) is 4.79 Å². The summed E-state index contributed by atoms with van der Waals surface area (Å²) < 4.78 is 32.6. The lowest BCUT2D eigenvalue weighted by molar-refractivity contribution is 0.102. The number of amides is 1. The maximum absolute atomic E-state index is 12.9. The topological polar surface area (TPSA) is 75.7 Å². The van der Waals surface area contributed by atoms with Crippen molar-refractivity contribution in [1.82, 2.24) is 4.31 Å². The smallest absolute Gasteiger partial charge is 0.259 e. The highest BCUT2D eigenvalue weighted by Crippen LogP contribution is 2.27. The first-order chi connectivity index (χ1) is 13.3. The molecule has 1 saturated heterocycles. The average Bonchev–Trinajstić information content (AvgIpc) is 2.67. The van der Waals surface area contributed by atoms with Crippen LogP contribution in [0.5, 0.6) is 5.75 Å². The van der Waals surface area contributed by atoms with E-state index in [2.05, 4.69) is 19.2 Å². The van der Waals surface area contributed by atoms with Crippen molar-refractivity contribution in [3.63, 3.8) is 0 Å². The number of carbonyl (C=O) groups is 1. The fourth-order valence-corrected chi connectivity index (χ4v) is 5.37. The number of sulfonamides is 1. The number of rotatable bonds is 5. The molecule has 1 amide bonds. The van der Waals surface area contributed by atoms with Gasteiger partial charge in [0.2, 0.25) is 10.0 Å². The molecule has 0 aromatic heterocycles. The van der Waals surface area contributed by atoms with Crippen molar-refractivity contribution < 1.29 is 17.9 Å². The van der Waals surface area contributed by atoms with Crippen LogP contribution >= 0.6 is 0 Å². The van der Waals surface area contributed by atoms with E-state index in [-0.39, 0.29) is 10.8 Å². The van der Waals surface area contributed by atoms with E-state index in [9.17, 15) is 13.2 Å². The standard InChI is InChI=1S/C21H26N2O4S/c1-15-12-16(2)14-23(13-15)28(25,26)18-10-8-17(9-11-18)22-21(24)19-6-4-5-7-20(19)27-3/h4-11,15-16H,12-14H2,1-3H3,(H,22,24)/t15-,16-/m1/s1. The zero-order chi connectivity index (χ0) is 20.3. The molecule has 1 fully saturated rings. The molecule has 28 heavy (non-hydrogen) atoms. The maximum Gasteiger partial charge on any atom is 0.259 e. The SMILES string of the molecule is COc1ccccc1C(=O)Nc1ccc(S(=O)(=O)N2C[C@H](C)C[C@@H](C)C2)cc1. The number of ether oxygens (including phenoxy) is 1. The molecular formula is C21H26N2O4S. The zero-order valence-corrected chi connectivity index (χ0v) is 17.2. The van der Waals surface area contributed by atoms with Gasteiger partial charge in [-0.15, -0.1) is 0 Å². The van der Waals surface area contributed by atoms with Crippen LogP contribution in [-0.2, 0) is 10.0 Å². The second kappa shape index (κ2) is 8.32. The van der Waals surface area contributed by atoms with Gasteiger partial charge < -0.3 is 10.1 Å². The van der Waals surface area contributed by atoms with Gasteiger partial charge in [-0.25, -0.2) is 8.42 Å². The van der Waals surface area contributed by atoms with Crippen LogP contribution in [0, 0.1) is 11.8 Å². The first-order valence-corrected chi connectivity index (χ1v) is 10.8. The summed E-state index contributed by atoms with van der Waals surface area (Å²) in [5.41, 5.74) is 0.938. The minimum atomic E-state index is -3.54. The molecular weight excluding hydrogens is 376 g/mol. The monoisotopic (exact) mass is 402 g/mol. The van der Waals surface area contributed by atoms with Crippen molar-refractivity contribution in [3.8, 4) is 5.75 Å². The molecule has 6 nitrogen and oxygen atoms in total. The Bertz CT molecular complexity index is 931. The van der Waals surface area contributed by atoms with E-state index in [1.54, 1.807) is 40.7 Å². The molecule has 0 spiro atoms. The van der Waals surface area contributed by atoms with E-state index in [1.165, 1.54) is 19.2 Å². The molecule has 7 heteroatoms. The van der Waals surface area contributed by atoms with Gasteiger partial charge >= 0.3 is 0 Å². The molecule has 2 atom stereocenters. The maximum atomic E-state index is 12.9. The minimum Gasteiger partial charge on any atom is -0.496 e. The predicted molar refractivity (Wildman–Crippen MR) is 109 cm³/mol. The Labute approximate surface area is 166 Å². The Kier molecular flexibility index (Phi) is 6.05. The van der Waals surface area contributed by atoms with Gasteiger partial charge in [0.15, 0.2) is 0 Å². The van der Waals surface area contributed by atoms with E-state index in [1.807, 2.05) is 0 Å². The highest BCUT2D eigenvalue weighted by molar-refractivity contribution is 7.89. The molecule has 2 aromatic rings. The van der Waals surface area contributed by atoms with E-state index in [0.717, 1.165) is 6.42 Å². The van der Waals surface area contributed by atoms with Crippen LogP contribution in [0.3, 0.4) is 0 Å². The van der Waals surface area contributed by atoms with Crippen molar-refractivity contribution in [2.45, 2.75) is 25.2 Å². The highest BCUT2D eigenvalue weighted by Gasteiger charge is 2.31. The number of nitrogens with one attached hydrogen (secondary N) is 1. The molecule has 1 N–H and O–H groups in total. The molecule has 2 aromatic carbocycles. The molecule has 0 unspecified atom stereocenters. The van der Waals surface area contributed by atoms with Crippen LogP contribution < -0.4 is 10.1 Å². The number of methoxy groups -OCH3 is 1. The molecule has 0 bridgehead atoms. The van der Waals surface area contributed by atoms with Crippen LogP contribution in [0.15, 0.2) is 53.4 Å². The van der Waals surface area contributed by atoms with Crippen molar-refractivity contribution in [1.29, 1.82) is 0 Å². The summed E-state index contributed by atoms with van der Waals surface area (Å²) in [6.45, 7) is 5.24. The Balaban J connectivity index is 1.75. The van der Waals surface area contributed by atoms with Gasteiger partial charge in [-0.05, 0) is 54.7 Å². The van der Waals surface area contributed by atoms with Crippen molar-refractivity contribution in [3.05, 3.63) is 54.1 Å². The fraction of sp³-hybridized carbons (Fsp3) is 0.381. The second-order valence-electron chi connectivity index (χ2n) is 7.45. The van der Waals surface area contributed by atoms with Crippen molar-refractivity contribution >= 4 is 21.6 Å². The lowest BCUT2D eigenvalue weighted by atomic mass is 9.94. The van der Waals surface area contributed by atoms with Crippen molar-refractivity contribution in [2.24, 2.45) is 11.8 Å². The first-order valence-electron chi connectivity index (χ1n) is 9.36. The number of hydrogen-bond acceptors (Lipinski definition) is 4. The van der Waals surface area contributed by atoms with E-state index >= 15 is 0 Å². The van der Waals surface area contributed by atoms with E-state index < -0.39 is 10.0 Å². The molecule has 1 aliphatic rings. The second-order valence-corrected chi connectivity index (χ2v) is 9.38. The largest absolute Gasteiger partial charge is 0.496 e. The predicted octanol–water partition coefficient (Wildman–Crippen LogP) is 3.61. The molecule has 1 heterocycles. The number of benzene rings is 2. The zero-order valence-electron chi connectivity index (χ0n) is 16.4. The Hall–Kier alpha value is -2.38. The molecule has 1 aliphatic heterocycles. The van der Waals surface area contributed by atoms with Gasteiger partial charge in [-0.1, -0.05) is 26.0 Å². The van der Waals surface area contributed by atoms with Gasteiger partial charge in [-0.2, -0.15) is 4.31 Å². The molecule has 0 radical (unpaired) electrons. The highest BCUT2D eigenvalue weighted by atomic mass is 32.2. The minimum absolute atomic E-state index is 0.240. The number of carbonyl (C=O) groups excluding carboxylic acids is 1. The summed E-state index contributed by atoms with van der Waals surface area (Å²) in [4.78, 5) is 12.7. The third-order valence-electron chi connectivity index (χ3n) is 4.94. The Morgan fingerprint density at radius 2 is 1.64 bits per heavy atom. The lowest BCUT2D eigenvalue weighted by Crippen LogP contribution is -2.42. The van der Waals surface area contributed by atoms with Gasteiger partial charge in [0.25, 0.3) is 5.91 Å². The lowest BCUT2D eigenvalue weighted by Gasteiger charge is -2.34. The van der Waals surface area contributed by atoms with Crippen LogP contribution in [0.1, 0.15) is 30.6 Å². The summed E-state index contributed by atoms with van der Waals surface area (Å²) >= 11 is 0. The van der Waals surface area contributed by atoms with E-state index in [0.29, 0.717) is 41.9 Å². The number of para-hydroxylation sites is 1. The van der Waals surface area contributed by atoms with Crippen LogP contribution in [0.2, 0.25) is 0 Å². The summed E-state index contributed by atoms with van der Waals surface area (Å²) in [7, 11) is -2.03. The van der Waals surface area contributed by atoms with E-state index in [4.69, 9.17) is 4.74 Å². The Morgan fingerprint density at radius 3 is 2.25 bits per heavy atom. The number of hydrogen-bond donors (Lipinski definition) is 1. The molecule has 0 aliphatic carbocycles. The van der Waals surface area contributed by atoms with Crippen LogP contribution in [0.4, 0.5) is 5.69 Å². The van der Waals surface area contributed by atoms with Crippen LogP contribution in [0.25, 0.3) is 0 Å². The summed E-state index contributed by atoms with van der Waals surface area (Å²) in [5, 5.41) is 2.78. The van der Waals surface area contributed by atoms with Gasteiger partial charge in [0, 0.05) is 18.8 Å². The average molecular weight is 403 g/mol. The normalized spacial score (nSPS) is 20.5. The first kappa shape index (κ1) is 20.4. The van der Waals surface area contributed by atoms with Gasteiger partial charge in [0.1, 0.15) is 5.75 Å². The molecule has 0 saturated carbocycles. The Morgan fingerprint density at radius 1 is 1.04 bits per heavy atom. The molecule has 3 rings (SSSR count). The molecule has 150 valence electrons. The quantitative estimate of drug-likeness (QED) is 0.829. The third-order valence-corrected chi connectivity index (χ3v) is 6.78. The number of nitrogens with zero attached hydrogens (tertiary/aromatic N) is 1. The fourth-order valence-electron chi connectivity index (χ4n) is 3.69. The summed E-state index contributed by atoms with van der Waals surface area (Å²) in [6.07, 6.45) is 1.04. The van der Waals surface area contributed by atoms with Crippen molar-refractivity contribution in [2.75, 3.05) is 25.5 Å². The number of piperidine rings is 1. The van der Waals surface area contributed by atoms with Crippen LogP contribution in [-0.4, -0.2) is 38.8 Å². The third kappa shape index (κ3) is 4.36. The van der Waals surface area contributed by atoms with Gasteiger partial charge in [0.05, 0.1) is 17.6 Å². The summed E-state index contributed by atoms with van der Waals surface area (Å²) in [6, 6.07) is 13.2.